The van der Waals surface area contributed by atoms with Crippen LogP contribution in [0.1, 0.15) is 41.3 Å². The minimum absolute atomic E-state index is 0.0611. The molecule has 1 aromatic heterocycles. The average molecular weight is 287 g/mol. The Morgan fingerprint density at radius 3 is 2.71 bits per heavy atom. The van der Waals surface area contributed by atoms with Crippen LogP contribution in [0, 0.1) is 5.82 Å². The molecular weight excluding hydrogens is 269 g/mol. The molecular formula is C17H18FNO2. The number of halogens is 1. The number of amides is 1. The number of nitrogens with zero attached hydrogens (tertiary/aromatic N) is 1. The van der Waals surface area contributed by atoms with Crippen molar-refractivity contribution in [3.8, 4) is 0 Å². The molecule has 2 aromatic rings. The predicted molar refractivity (Wildman–Crippen MR) is 77.6 cm³/mol. The van der Waals surface area contributed by atoms with Crippen molar-refractivity contribution in [3.63, 3.8) is 0 Å². The highest BCUT2D eigenvalue weighted by molar-refractivity contribution is 5.91. The van der Waals surface area contributed by atoms with Gasteiger partial charge in [-0.15, -0.1) is 0 Å². The molecule has 1 amide bonds. The molecule has 1 aliphatic rings. The minimum atomic E-state index is -0.226. The van der Waals surface area contributed by atoms with Crippen LogP contribution in [-0.2, 0) is 0 Å². The van der Waals surface area contributed by atoms with E-state index in [-0.39, 0.29) is 17.6 Å². The molecule has 110 valence electrons. The van der Waals surface area contributed by atoms with Gasteiger partial charge in [0.1, 0.15) is 5.82 Å². The molecule has 0 bridgehead atoms. The van der Waals surface area contributed by atoms with Crippen molar-refractivity contribution in [2.24, 2.45) is 0 Å². The Morgan fingerprint density at radius 1 is 1.19 bits per heavy atom. The quantitative estimate of drug-likeness (QED) is 0.841. The fraction of sp³-hybridized carbons (Fsp3) is 0.353. The summed E-state index contributed by atoms with van der Waals surface area (Å²) in [6.45, 7) is 1.41. The lowest BCUT2D eigenvalue weighted by atomic mass is 9.94. The molecule has 1 aromatic carbocycles. The summed E-state index contributed by atoms with van der Waals surface area (Å²) in [5.74, 6) is 0.353. The highest BCUT2D eigenvalue weighted by Crippen LogP contribution is 2.27. The Balaban J connectivity index is 1.77. The lowest BCUT2D eigenvalue weighted by Gasteiger charge is -2.24. The van der Waals surface area contributed by atoms with Gasteiger partial charge in [-0.25, -0.2) is 4.39 Å². The standard InChI is InChI=1S/C17H18FNO2/c18-15-8-6-13(7-9-15)14-4-1-2-10-19(12-14)17(20)16-5-3-11-21-16/h3,5-9,11,14H,1-2,4,10,12H2/t14-/m1/s1. The van der Waals surface area contributed by atoms with Crippen LogP contribution in [0.5, 0.6) is 0 Å². The van der Waals surface area contributed by atoms with E-state index in [0.29, 0.717) is 12.3 Å². The number of benzene rings is 1. The van der Waals surface area contributed by atoms with Crippen LogP contribution < -0.4 is 0 Å². The van der Waals surface area contributed by atoms with E-state index in [9.17, 15) is 9.18 Å². The van der Waals surface area contributed by atoms with E-state index in [1.807, 2.05) is 17.0 Å². The normalized spacial score (nSPS) is 19.3. The Morgan fingerprint density at radius 2 is 2.00 bits per heavy atom. The summed E-state index contributed by atoms with van der Waals surface area (Å²) in [4.78, 5) is 14.3. The first-order valence-electron chi connectivity index (χ1n) is 7.32. The van der Waals surface area contributed by atoms with E-state index in [2.05, 4.69) is 0 Å². The number of rotatable bonds is 2. The van der Waals surface area contributed by atoms with Crippen molar-refractivity contribution in [2.75, 3.05) is 13.1 Å². The molecule has 3 rings (SSSR count). The molecule has 1 aliphatic heterocycles. The van der Waals surface area contributed by atoms with Crippen LogP contribution in [0.3, 0.4) is 0 Å². The zero-order valence-electron chi connectivity index (χ0n) is 11.8. The number of likely N-dealkylation sites (tertiary alicyclic amines) is 1. The van der Waals surface area contributed by atoms with E-state index in [4.69, 9.17) is 4.42 Å². The third-order valence-corrected chi connectivity index (χ3v) is 4.03. The number of carbonyl (C=O) groups is 1. The largest absolute Gasteiger partial charge is 0.459 e. The second kappa shape index (κ2) is 6.12. The Bertz CT molecular complexity index is 592. The lowest BCUT2D eigenvalue weighted by molar-refractivity contribution is 0.0722. The maximum atomic E-state index is 13.0. The molecule has 0 N–H and O–H groups in total. The number of hydrogen-bond donors (Lipinski definition) is 0. The fourth-order valence-electron chi connectivity index (χ4n) is 2.89. The fourth-order valence-corrected chi connectivity index (χ4v) is 2.89. The van der Waals surface area contributed by atoms with Gasteiger partial charge < -0.3 is 9.32 Å². The van der Waals surface area contributed by atoms with Crippen molar-refractivity contribution < 1.29 is 13.6 Å². The summed E-state index contributed by atoms with van der Waals surface area (Å²) in [6.07, 6.45) is 4.60. The van der Waals surface area contributed by atoms with Crippen LogP contribution in [0.4, 0.5) is 4.39 Å². The van der Waals surface area contributed by atoms with Gasteiger partial charge in [0, 0.05) is 19.0 Å². The van der Waals surface area contributed by atoms with Gasteiger partial charge in [-0.3, -0.25) is 4.79 Å². The van der Waals surface area contributed by atoms with Crippen LogP contribution in [0.25, 0.3) is 0 Å². The number of furan rings is 1. The van der Waals surface area contributed by atoms with Crippen molar-refractivity contribution in [1.29, 1.82) is 0 Å². The topological polar surface area (TPSA) is 33.5 Å². The van der Waals surface area contributed by atoms with Gasteiger partial charge in [-0.1, -0.05) is 18.6 Å². The molecule has 1 atom stereocenters. The predicted octanol–water partition coefficient (Wildman–Crippen LogP) is 3.83. The second-order valence-electron chi connectivity index (χ2n) is 5.47. The van der Waals surface area contributed by atoms with E-state index < -0.39 is 0 Å². The van der Waals surface area contributed by atoms with Gasteiger partial charge in [0.25, 0.3) is 5.91 Å². The van der Waals surface area contributed by atoms with E-state index in [1.165, 1.54) is 18.4 Å². The zero-order chi connectivity index (χ0) is 14.7. The highest BCUT2D eigenvalue weighted by Gasteiger charge is 2.25. The van der Waals surface area contributed by atoms with Crippen LogP contribution in [-0.4, -0.2) is 23.9 Å². The molecule has 4 heteroatoms. The van der Waals surface area contributed by atoms with Crippen molar-refractivity contribution >= 4 is 5.91 Å². The molecule has 0 saturated carbocycles. The third-order valence-electron chi connectivity index (χ3n) is 4.03. The van der Waals surface area contributed by atoms with Gasteiger partial charge in [0.2, 0.25) is 0 Å². The number of hydrogen-bond acceptors (Lipinski definition) is 2. The van der Waals surface area contributed by atoms with Gasteiger partial charge >= 0.3 is 0 Å². The maximum Gasteiger partial charge on any atom is 0.289 e. The zero-order valence-corrected chi connectivity index (χ0v) is 11.8. The molecule has 0 unspecified atom stereocenters. The van der Waals surface area contributed by atoms with Gasteiger partial charge in [-0.2, -0.15) is 0 Å². The summed E-state index contributed by atoms with van der Waals surface area (Å²) in [5.41, 5.74) is 1.09. The molecule has 3 nitrogen and oxygen atoms in total. The SMILES string of the molecule is O=C(c1ccco1)N1CCCC[C@@H](c2ccc(F)cc2)C1. The van der Waals surface area contributed by atoms with Crippen molar-refractivity contribution in [1.82, 2.24) is 4.90 Å². The summed E-state index contributed by atoms with van der Waals surface area (Å²) >= 11 is 0. The van der Waals surface area contributed by atoms with Gasteiger partial charge in [0.15, 0.2) is 5.76 Å². The van der Waals surface area contributed by atoms with Crippen LogP contribution >= 0.6 is 0 Å². The molecule has 1 fully saturated rings. The summed E-state index contributed by atoms with van der Waals surface area (Å²) < 4.78 is 18.3. The van der Waals surface area contributed by atoms with E-state index in [1.54, 1.807) is 12.1 Å². The highest BCUT2D eigenvalue weighted by atomic mass is 19.1. The summed E-state index contributed by atoms with van der Waals surface area (Å²) in [6, 6.07) is 10.0. The monoisotopic (exact) mass is 287 g/mol. The molecule has 21 heavy (non-hydrogen) atoms. The molecule has 0 aliphatic carbocycles. The summed E-state index contributed by atoms with van der Waals surface area (Å²) in [5, 5.41) is 0. The summed E-state index contributed by atoms with van der Waals surface area (Å²) in [7, 11) is 0. The van der Waals surface area contributed by atoms with Crippen molar-refractivity contribution in [3.05, 3.63) is 59.8 Å². The first kappa shape index (κ1) is 13.9. The van der Waals surface area contributed by atoms with Crippen LogP contribution in [0.2, 0.25) is 0 Å². The molecule has 0 radical (unpaired) electrons. The molecule has 0 spiro atoms. The smallest absolute Gasteiger partial charge is 0.289 e. The Hall–Kier alpha value is -2.10. The van der Waals surface area contributed by atoms with Gasteiger partial charge in [0.05, 0.1) is 6.26 Å². The molecule has 1 saturated heterocycles. The van der Waals surface area contributed by atoms with Crippen molar-refractivity contribution in [2.45, 2.75) is 25.2 Å². The lowest BCUT2D eigenvalue weighted by Crippen LogP contribution is -2.33. The average Bonchev–Trinajstić information content (AvgIpc) is 2.92. The van der Waals surface area contributed by atoms with Gasteiger partial charge in [-0.05, 0) is 42.7 Å². The first-order valence-corrected chi connectivity index (χ1v) is 7.32. The number of carbonyl (C=O) groups excluding carboxylic acids is 1. The second-order valence-corrected chi connectivity index (χ2v) is 5.47. The third kappa shape index (κ3) is 3.15. The minimum Gasteiger partial charge on any atom is -0.459 e. The maximum absolute atomic E-state index is 13.0. The van der Waals surface area contributed by atoms with Crippen LogP contribution in [0.15, 0.2) is 47.1 Å². The Labute approximate surface area is 123 Å². The van der Waals surface area contributed by atoms with E-state index >= 15 is 0 Å². The molecule has 2 heterocycles. The van der Waals surface area contributed by atoms with E-state index in [0.717, 1.165) is 31.4 Å². The Kier molecular flexibility index (Phi) is 4.04. The first-order chi connectivity index (χ1) is 10.2.